The molecule has 0 bridgehead atoms. The van der Waals surface area contributed by atoms with Gasteiger partial charge in [-0.3, -0.25) is 4.79 Å². The van der Waals surface area contributed by atoms with Gasteiger partial charge in [0.05, 0.1) is 11.5 Å². The second-order valence-electron chi connectivity index (χ2n) is 4.00. The lowest BCUT2D eigenvalue weighted by Crippen LogP contribution is -2.35. The fraction of sp³-hybridized carbons (Fsp3) is 0.364. The first-order chi connectivity index (χ1) is 7.91. The summed E-state index contributed by atoms with van der Waals surface area (Å²) in [6, 6.07) is 3.31. The molecule has 1 atom stereocenters. The van der Waals surface area contributed by atoms with Crippen molar-refractivity contribution in [1.29, 1.82) is 0 Å². The van der Waals surface area contributed by atoms with E-state index in [0.717, 1.165) is 12.1 Å². The zero-order chi connectivity index (χ0) is 12.6. The summed E-state index contributed by atoms with van der Waals surface area (Å²) in [6.45, 7) is 0.127. The molecule has 6 heteroatoms. The number of carbonyl (C=O) groups excluding carboxylic acids is 1. The number of anilines is 1. The summed E-state index contributed by atoms with van der Waals surface area (Å²) in [7, 11) is 0. The Morgan fingerprint density at radius 2 is 2.12 bits per heavy atom. The Bertz CT molecular complexity index is 457. The zero-order valence-electron chi connectivity index (χ0n) is 8.84. The minimum absolute atomic E-state index is 0.127. The average molecular weight is 244 g/mol. The molecule has 1 heterocycles. The largest absolute Gasteiger partial charge is 0.416 e. The number of rotatable bonds is 1. The number of benzene rings is 1. The van der Waals surface area contributed by atoms with E-state index in [1.807, 2.05) is 0 Å². The SMILES string of the molecule is NCC1Cc2cc(C(F)(F)F)ccc2NC1=O. The van der Waals surface area contributed by atoms with E-state index in [9.17, 15) is 18.0 Å². The molecular formula is C11H11F3N2O. The third-order valence-electron chi connectivity index (χ3n) is 2.81. The molecule has 1 aromatic rings. The lowest BCUT2D eigenvalue weighted by Gasteiger charge is -2.24. The second-order valence-corrected chi connectivity index (χ2v) is 4.00. The lowest BCUT2D eigenvalue weighted by atomic mass is 9.92. The van der Waals surface area contributed by atoms with Crippen molar-refractivity contribution < 1.29 is 18.0 Å². The maximum Gasteiger partial charge on any atom is 0.416 e. The van der Waals surface area contributed by atoms with Crippen molar-refractivity contribution in [2.24, 2.45) is 11.7 Å². The van der Waals surface area contributed by atoms with E-state index in [-0.39, 0.29) is 18.9 Å². The van der Waals surface area contributed by atoms with Gasteiger partial charge in [-0.05, 0) is 30.2 Å². The molecule has 0 aliphatic carbocycles. The van der Waals surface area contributed by atoms with E-state index < -0.39 is 17.7 Å². The molecule has 1 amide bonds. The van der Waals surface area contributed by atoms with Crippen LogP contribution in [0.4, 0.5) is 18.9 Å². The van der Waals surface area contributed by atoms with Crippen molar-refractivity contribution in [1.82, 2.24) is 0 Å². The number of halogens is 3. The van der Waals surface area contributed by atoms with Crippen LogP contribution in [0, 0.1) is 5.92 Å². The summed E-state index contributed by atoms with van der Waals surface area (Å²) in [5.74, 6) is -0.689. The van der Waals surface area contributed by atoms with E-state index in [1.165, 1.54) is 6.07 Å². The third-order valence-corrected chi connectivity index (χ3v) is 2.81. The maximum atomic E-state index is 12.5. The molecule has 3 N–H and O–H groups in total. The average Bonchev–Trinajstić information content (AvgIpc) is 2.26. The molecule has 17 heavy (non-hydrogen) atoms. The van der Waals surface area contributed by atoms with E-state index in [2.05, 4.69) is 5.32 Å². The first kappa shape index (κ1) is 11.9. The van der Waals surface area contributed by atoms with Crippen molar-refractivity contribution >= 4 is 11.6 Å². The minimum Gasteiger partial charge on any atom is -0.330 e. The van der Waals surface area contributed by atoms with Crippen LogP contribution in [0.2, 0.25) is 0 Å². The number of hydrogen-bond acceptors (Lipinski definition) is 2. The highest BCUT2D eigenvalue weighted by atomic mass is 19.4. The summed E-state index contributed by atoms with van der Waals surface area (Å²) < 4.78 is 37.5. The van der Waals surface area contributed by atoms with Crippen molar-refractivity contribution in [3.63, 3.8) is 0 Å². The standard InChI is InChI=1S/C11H11F3N2O/c12-11(13,14)8-1-2-9-6(4-8)3-7(5-15)10(17)16-9/h1-2,4,7H,3,5,15H2,(H,16,17). The van der Waals surface area contributed by atoms with E-state index in [1.54, 1.807) is 0 Å². The number of nitrogens with two attached hydrogens (primary N) is 1. The molecule has 92 valence electrons. The summed E-state index contributed by atoms with van der Waals surface area (Å²) >= 11 is 0. The number of alkyl halides is 3. The Morgan fingerprint density at radius 1 is 1.41 bits per heavy atom. The normalized spacial score (nSPS) is 19.8. The quantitative estimate of drug-likeness (QED) is 0.791. The summed E-state index contributed by atoms with van der Waals surface area (Å²) in [6.07, 6.45) is -4.11. The first-order valence-electron chi connectivity index (χ1n) is 5.13. The highest BCUT2D eigenvalue weighted by molar-refractivity contribution is 5.95. The number of amides is 1. The molecule has 0 radical (unpaired) electrons. The number of fused-ring (bicyclic) bond motifs is 1. The molecule has 2 rings (SSSR count). The monoisotopic (exact) mass is 244 g/mol. The molecule has 0 aromatic heterocycles. The van der Waals surface area contributed by atoms with Gasteiger partial charge in [0.1, 0.15) is 0 Å². The van der Waals surface area contributed by atoms with Crippen molar-refractivity contribution in [3.05, 3.63) is 29.3 Å². The molecule has 1 aromatic carbocycles. The van der Waals surface area contributed by atoms with Gasteiger partial charge in [0.25, 0.3) is 0 Å². The van der Waals surface area contributed by atoms with Gasteiger partial charge in [0, 0.05) is 12.2 Å². The fourth-order valence-corrected chi connectivity index (χ4v) is 1.84. The van der Waals surface area contributed by atoms with Crippen LogP contribution < -0.4 is 11.1 Å². The summed E-state index contributed by atoms with van der Waals surface area (Å²) in [4.78, 5) is 11.5. The van der Waals surface area contributed by atoms with Gasteiger partial charge in [0.2, 0.25) is 5.91 Å². The highest BCUT2D eigenvalue weighted by Crippen LogP contribution is 2.34. The van der Waals surface area contributed by atoms with Gasteiger partial charge >= 0.3 is 6.18 Å². The van der Waals surface area contributed by atoms with E-state index >= 15 is 0 Å². The molecular weight excluding hydrogens is 233 g/mol. The second kappa shape index (κ2) is 4.03. The van der Waals surface area contributed by atoms with Crippen LogP contribution >= 0.6 is 0 Å². The molecule has 0 saturated heterocycles. The van der Waals surface area contributed by atoms with Gasteiger partial charge in [-0.25, -0.2) is 0 Å². The van der Waals surface area contributed by atoms with Gasteiger partial charge in [0.15, 0.2) is 0 Å². The molecule has 0 fully saturated rings. The predicted molar refractivity (Wildman–Crippen MR) is 56.3 cm³/mol. The Hall–Kier alpha value is -1.56. The molecule has 1 aliphatic rings. The topological polar surface area (TPSA) is 55.1 Å². The van der Waals surface area contributed by atoms with Gasteiger partial charge in [-0.2, -0.15) is 13.2 Å². The molecule has 3 nitrogen and oxygen atoms in total. The Kier molecular flexibility index (Phi) is 2.82. The molecule has 1 unspecified atom stereocenters. The van der Waals surface area contributed by atoms with E-state index in [0.29, 0.717) is 11.3 Å². The van der Waals surface area contributed by atoms with Crippen molar-refractivity contribution in [2.75, 3.05) is 11.9 Å². The minimum atomic E-state index is -4.37. The number of hydrogen-bond donors (Lipinski definition) is 2. The summed E-state index contributed by atoms with van der Waals surface area (Å²) in [5.41, 5.74) is 5.61. The predicted octanol–water partition coefficient (Wildman–Crippen LogP) is 1.77. The first-order valence-corrected chi connectivity index (χ1v) is 5.13. The van der Waals surface area contributed by atoms with Crippen molar-refractivity contribution in [2.45, 2.75) is 12.6 Å². The molecule has 0 spiro atoms. The van der Waals surface area contributed by atoms with Gasteiger partial charge in [-0.1, -0.05) is 0 Å². The maximum absolute atomic E-state index is 12.5. The molecule has 1 aliphatic heterocycles. The van der Waals surface area contributed by atoms with Gasteiger partial charge < -0.3 is 11.1 Å². The van der Waals surface area contributed by atoms with Gasteiger partial charge in [-0.15, -0.1) is 0 Å². The Morgan fingerprint density at radius 3 is 2.71 bits per heavy atom. The Balaban J connectivity index is 2.37. The fourth-order valence-electron chi connectivity index (χ4n) is 1.84. The lowest BCUT2D eigenvalue weighted by molar-refractivity contribution is -0.137. The number of carbonyl (C=O) groups is 1. The Labute approximate surface area is 95.8 Å². The molecule has 0 saturated carbocycles. The van der Waals surface area contributed by atoms with Crippen LogP contribution in [0.15, 0.2) is 18.2 Å². The van der Waals surface area contributed by atoms with Crippen LogP contribution in [0.25, 0.3) is 0 Å². The smallest absolute Gasteiger partial charge is 0.330 e. The van der Waals surface area contributed by atoms with Crippen LogP contribution in [0.5, 0.6) is 0 Å². The number of nitrogens with one attached hydrogen (secondary N) is 1. The van der Waals surface area contributed by atoms with Crippen molar-refractivity contribution in [3.8, 4) is 0 Å². The highest BCUT2D eigenvalue weighted by Gasteiger charge is 2.33. The van der Waals surface area contributed by atoms with Crippen LogP contribution in [-0.2, 0) is 17.4 Å². The van der Waals surface area contributed by atoms with Crippen LogP contribution in [0.3, 0.4) is 0 Å². The van der Waals surface area contributed by atoms with Crippen LogP contribution in [-0.4, -0.2) is 12.5 Å². The zero-order valence-corrected chi connectivity index (χ0v) is 8.84. The van der Waals surface area contributed by atoms with E-state index in [4.69, 9.17) is 5.73 Å². The summed E-state index contributed by atoms with van der Waals surface area (Å²) in [5, 5.41) is 2.55. The third kappa shape index (κ3) is 2.26. The van der Waals surface area contributed by atoms with Crippen LogP contribution in [0.1, 0.15) is 11.1 Å².